The van der Waals surface area contributed by atoms with Crippen LogP contribution in [-0.4, -0.2) is 49.3 Å². The van der Waals surface area contributed by atoms with Crippen LogP contribution in [0.5, 0.6) is 0 Å². The number of carbonyl (C=O) groups excluding carboxylic acids is 3. The van der Waals surface area contributed by atoms with Gasteiger partial charge in [-0.1, -0.05) is 43.6 Å². The van der Waals surface area contributed by atoms with E-state index in [0.29, 0.717) is 34.4 Å². The first kappa shape index (κ1) is 23.4. The number of hydrogen-bond acceptors (Lipinski definition) is 4. The second-order valence-corrected chi connectivity index (χ2v) is 7.86. The zero-order valence-electron chi connectivity index (χ0n) is 17.4. The first-order valence-corrected chi connectivity index (χ1v) is 10.0. The van der Waals surface area contributed by atoms with E-state index in [0.717, 1.165) is 0 Å². The molecular weight excluding hydrogens is 404 g/mol. The predicted molar refractivity (Wildman–Crippen MR) is 120 cm³/mol. The largest absolute Gasteiger partial charge is 0.352 e. The van der Waals surface area contributed by atoms with Crippen molar-refractivity contribution in [2.24, 2.45) is 5.92 Å². The molecule has 0 bridgehead atoms. The van der Waals surface area contributed by atoms with Gasteiger partial charge in [-0.25, -0.2) is 0 Å². The molecule has 0 radical (unpaired) electrons. The molecule has 2 aromatic carbocycles. The van der Waals surface area contributed by atoms with Crippen LogP contribution in [0, 0.1) is 5.92 Å². The van der Waals surface area contributed by atoms with E-state index in [2.05, 4.69) is 16.0 Å². The number of carbonyl (C=O) groups is 3. The monoisotopic (exact) mass is 430 g/mol. The predicted octanol–water partition coefficient (Wildman–Crippen LogP) is 3.23. The molecule has 0 aliphatic heterocycles. The van der Waals surface area contributed by atoms with Gasteiger partial charge < -0.3 is 16.0 Å². The summed E-state index contributed by atoms with van der Waals surface area (Å²) >= 11 is 5.91. The van der Waals surface area contributed by atoms with Crippen molar-refractivity contribution in [3.63, 3.8) is 0 Å². The summed E-state index contributed by atoms with van der Waals surface area (Å²) in [6, 6.07) is 13.7. The van der Waals surface area contributed by atoms with E-state index in [1.54, 1.807) is 60.5 Å². The molecule has 7 nitrogen and oxygen atoms in total. The Labute approximate surface area is 181 Å². The topological polar surface area (TPSA) is 90.5 Å². The van der Waals surface area contributed by atoms with Crippen molar-refractivity contribution < 1.29 is 14.4 Å². The molecule has 0 saturated heterocycles. The van der Waals surface area contributed by atoms with Crippen LogP contribution < -0.4 is 16.0 Å². The van der Waals surface area contributed by atoms with Gasteiger partial charge in [0.25, 0.3) is 5.91 Å². The highest BCUT2D eigenvalue weighted by molar-refractivity contribution is 6.30. The summed E-state index contributed by atoms with van der Waals surface area (Å²) in [5.74, 6) is -0.505. The van der Waals surface area contributed by atoms with Crippen LogP contribution in [0.25, 0.3) is 0 Å². The Hall–Kier alpha value is -2.90. The minimum Gasteiger partial charge on any atom is -0.352 e. The van der Waals surface area contributed by atoms with Crippen LogP contribution in [0.3, 0.4) is 0 Å². The van der Waals surface area contributed by atoms with Crippen molar-refractivity contribution in [2.75, 3.05) is 37.3 Å². The number of amides is 3. The quantitative estimate of drug-likeness (QED) is 0.569. The lowest BCUT2D eigenvalue weighted by atomic mass is 10.1. The average molecular weight is 431 g/mol. The van der Waals surface area contributed by atoms with Crippen LogP contribution >= 0.6 is 11.6 Å². The average Bonchev–Trinajstić information content (AvgIpc) is 2.66. The highest BCUT2D eigenvalue weighted by Gasteiger charge is 2.15. The van der Waals surface area contributed by atoms with Crippen molar-refractivity contribution in [1.29, 1.82) is 0 Å². The highest BCUT2D eigenvalue weighted by atomic mass is 35.5. The van der Waals surface area contributed by atoms with Crippen molar-refractivity contribution >= 4 is 40.7 Å². The smallest absolute Gasteiger partial charge is 0.253 e. The highest BCUT2D eigenvalue weighted by Crippen LogP contribution is 2.16. The number of benzene rings is 2. The lowest BCUT2D eigenvalue weighted by molar-refractivity contribution is -0.119. The molecule has 8 heteroatoms. The van der Waals surface area contributed by atoms with Crippen molar-refractivity contribution in [1.82, 2.24) is 10.2 Å². The van der Waals surface area contributed by atoms with Gasteiger partial charge in [0.05, 0.1) is 24.3 Å². The molecule has 3 amide bonds. The molecule has 2 rings (SSSR count). The molecular formula is C22H27ClN4O3. The minimum absolute atomic E-state index is 0.00901. The summed E-state index contributed by atoms with van der Waals surface area (Å²) in [7, 11) is 1.67. The van der Waals surface area contributed by atoms with Gasteiger partial charge in [-0.15, -0.1) is 0 Å². The number of anilines is 2. The van der Waals surface area contributed by atoms with E-state index < -0.39 is 0 Å². The SMILES string of the molecule is CC(C)CNC(=O)c1ccccc1NC(=O)CN(C)CC(=O)Nc1cccc(Cl)c1. The van der Waals surface area contributed by atoms with E-state index in [1.165, 1.54) is 0 Å². The molecule has 0 saturated carbocycles. The van der Waals surface area contributed by atoms with Gasteiger partial charge in [-0.05, 0) is 43.3 Å². The zero-order valence-corrected chi connectivity index (χ0v) is 18.1. The molecule has 0 spiro atoms. The Morgan fingerprint density at radius 1 is 0.967 bits per heavy atom. The van der Waals surface area contributed by atoms with Crippen LogP contribution in [-0.2, 0) is 9.59 Å². The summed E-state index contributed by atoms with van der Waals surface area (Å²) in [5.41, 5.74) is 1.42. The third-order valence-corrected chi connectivity index (χ3v) is 4.29. The first-order valence-electron chi connectivity index (χ1n) is 9.65. The fraction of sp³-hybridized carbons (Fsp3) is 0.318. The lowest BCUT2D eigenvalue weighted by Gasteiger charge is -2.17. The van der Waals surface area contributed by atoms with Crippen LogP contribution in [0.4, 0.5) is 11.4 Å². The Morgan fingerprint density at radius 3 is 2.30 bits per heavy atom. The van der Waals surface area contributed by atoms with Crippen LogP contribution in [0.2, 0.25) is 5.02 Å². The third-order valence-electron chi connectivity index (χ3n) is 4.05. The van der Waals surface area contributed by atoms with E-state index >= 15 is 0 Å². The fourth-order valence-corrected chi connectivity index (χ4v) is 2.88. The summed E-state index contributed by atoms with van der Waals surface area (Å²) in [6.07, 6.45) is 0. The van der Waals surface area contributed by atoms with E-state index in [1.807, 2.05) is 13.8 Å². The molecule has 0 aliphatic rings. The number of hydrogen-bond donors (Lipinski definition) is 3. The number of rotatable bonds is 9. The normalized spacial score (nSPS) is 10.7. The van der Waals surface area contributed by atoms with E-state index in [-0.39, 0.29) is 30.8 Å². The minimum atomic E-state index is -0.322. The number of nitrogens with one attached hydrogen (secondary N) is 3. The Morgan fingerprint density at radius 2 is 1.63 bits per heavy atom. The Bertz CT molecular complexity index is 901. The van der Waals surface area contributed by atoms with Gasteiger partial charge in [-0.2, -0.15) is 0 Å². The van der Waals surface area contributed by atoms with Gasteiger partial charge in [0, 0.05) is 17.3 Å². The molecule has 0 aliphatic carbocycles. The molecule has 0 heterocycles. The summed E-state index contributed by atoms with van der Waals surface area (Å²) in [6.45, 7) is 4.58. The number of nitrogens with zero attached hydrogens (tertiary/aromatic N) is 1. The molecule has 0 aromatic heterocycles. The maximum absolute atomic E-state index is 12.4. The summed E-state index contributed by atoms with van der Waals surface area (Å²) < 4.78 is 0. The van der Waals surface area contributed by atoms with Crippen molar-refractivity contribution in [2.45, 2.75) is 13.8 Å². The Balaban J connectivity index is 1.89. The second-order valence-electron chi connectivity index (χ2n) is 7.43. The van der Waals surface area contributed by atoms with Gasteiger partial charge in [0.2, 0.25) is 11.8 Å². The molecule has 3 N–H and O–H groups in total. The maximum atomic E-state index is 12.4. The first-order chi connectivity index (χ1) is 14.2. The summed E-state index contributed by atoms with van der Waals surface area (Å²) in [4.78, 5) is 38.5. The fourth-order valence-electron chi connectivity index (χ4n) is 2.68. The van der Waals surface area contributed by atoms with Gasteiger partial charge in [-0.3, -0.25) is 19.3 Å². The van der Waals surface area contributed by atoms with Gasteiger partial charge >= 0.3 is 0 Å². The lowest BCUT2D eigenvalue weighted by Crippen LogP contribution is -2.36. The third kappa shape index (κ3) is 7.85. The van der Waals surface area contributed by atoms with Gasteiger partial charge in [0.1, 0.15) is 0 Å². The Kier molecular flexibility index (Phi) is 8.83. The van der Waals surface area contributed by atoms with Gasteiger partial charge in [0.15, 0.2) is 0 Å². The summed E-state index contributed by atoms with van der Waals surface area (Å²) in [5, 5.41) is 8.85. The zero-order chi connectivity index (χ0) is 22.1. The van der Waals surface area contributed by atoms with Crippen LogP contribution in [0.15, 0.2) is 48.5 Å². The van der Waals surface area contributed by atoms with Crippen molar-refractivity contribution in [3.8, 4) is 0 Å². The standard InChI is InChI=1S/C22H27ClN4O3/c1-15(2)12-24-22(30)18-9-4-5-10-19(18)26-21(29)14-27(3)13-20(28)25-17-8-6-7-16(23)11-17/h4-11,15H,12-14H2,1-3H3,(H,24,30)(H,25,28)(H,26,29). The molecule has 2 aromatic rings. The second kappa shape index (κ2) is 11.3. The maximum Gasteiger partial charge on any atom is 0.253 e. The molecule has 0 unspecified atom stereocenters. The van der Waals surface area contributed by atoms with E-state index in [9.17, 15) is 14.4 Å². The van der Waals surface area contributed by atoms with Crippen molar-refractivity contribution in [3.05, 3.63) is 59.1 Å². The number of likely N-dealkylation sites (N-methyl/N-ethyl adjacent to an activating group) is 1. The molecule has 0 atom stereocenters. The molecule has 160 valence electrons. The number of halogens is 1. The van der Waals surface area contributed by atoms with E-state index in [4.69, 9.17) is 11.6 Å². The molecule has 0 fully saturated rings. The number of para-hydroxylation sites is 1. The molecule has 30 heavy (non-hydrogen) atoms. The van der Waals surface area contributed by atoms with Crippen LogP contribution in [0.1, 0.15) is 24.2 Å².